The van der Waals surface area contributed by atoms with Crippen molar-refractivity contribution < 1.29 is 8.83 Å². The van der Waals surface area contributed by atoms with E-state index in [1.807, 2.05) is 30.3 Å². The van der Waals surface area contributed by atoms with Crippen LogP contribution in [0.4, 0.5) is 0 Å². The number of para-hydroxylation sites is 2. The van der Waals surface area contributed by atoms with Gasteiger partial charge < -0.3 is 13.4 Å². The molecule has 9 rings (SSSR count). The fourth-order valence-corrected chi connectivity index (χ4v) is 6.80. The first-order chi connectivity index (χ1) is 21.1. The zero-order chi connectivity index (χ0) is 28.8. The van der Waals surface area contributed by atoms with E-state index >= 15 is 0 Å². The Morgan fingerprint density at radius 2 is 1.30 bits per heavy atom. The van der Waals surface area contributed by atoms with Crippen molar-refractivity contribution in [2.45, 2.75) is 13.8 Å². The summed E-state index contributed by atoms with van der Waals surface area (Å²) in [5.41, 5.74) is 11.2. The number of hydrogen-bond acceptors (Lipinski definition) is 3. The maximum absolute atomic E-state index is 10.1. The van der Waals surface area contributed by atoms with E-state index in [9.17, 15) is 5.26 Å². The van der Waals surface area contributed by atoms with Crippen LogP contribution in [0.15, 0.2) is 118 Å². The highest BCUT2D eigenvalue weighted by Gasteiger charge is 2.21. The Balaban J connectivity index is 1.36. The van der Waals surface area contributed by atoms with Gasteiger partial charge in [-0.15, -0.1) is 0 Å². The molecule has 4 nitrogen and oxygen atoms in total. The highest BCUT2D eigenvalue weighted by atomic mass is 16.3. The first-order valence-corrected chi connectivity index (χ1v) is 14.4. The Hall–Kier alpha value is -5.79. The third kappa shape index (κ3) is 3.31. The molecule has 0 aliphatic heterocycles. The molecule has 0 atom stereocenters. The summed E-state index contributed by atoms with van der Waals surface area (Å²) in [4.78, 5) is 0. The average Bonchev–Trinajstić information content (AvgIpc) is 3.70. The van der Waals surface area contributed by atoms with Crippen LogP contribution in [0.25, 0.3) is 82.5 Å². The molecule has 0 aliphatic carbocycles. The second-order valence-corrected chi connectivity index (χ2v) is 11.4. The topological polar surface area (TPSA) is 55.0 Å². The fraction of sp³-hybridized carbons (Fsp3) is 0.0513. The van der Waals surface area contributed by atoms with E-state index in [1.165, 1.54) is 21.9 Å². The molecule has 3 heterocycles. The van der Waals surface area contributed by atoms with Crippen LogP contribution >= 0.6 is 0 Å². The number of rotatable bonds is 2. The van der Waals surface area contributed by atoms with E-state index < -0.39 is 0 Å². The van der Waals surface area contributed by atoms with Gasteiger partial charge in [-0.1, -0.05) is 65.7 Å². The maximum Gasteiger partial charge on any atom is 0.159 e. The van der Waals surface area contributed by atoms with Gasteiger partial charge in [0.05, 0.1) is 22.3 Å². The molecule has 0 unspecified atom stereocenters. The molecule has 0 radical (unpaired) electrons. The van der Waals surface area contributed by atoms with Gasteiger partial charge in [-0.3, -0.25) is 0 Å². The summed E-state index contributed by atoms with van der Waals surface area (Å²) in [7, 11) is 0. The minimum Gasteiger partial charge on any atom is -0.456 e. The molecule has 6 aromatic carbocycles. The van der Waals surface area contributed by atoms with Gasteiger partial charge in [0.25, 0.3) is 0 Å². The van der Waals surface area contributed by atoms with Crippen LogP contribution < -0.4 is 0 Å². The number of nitrogens with zero attached hydrogens (tertiary/aromatic N) is 2. The lowest BCUT2D eigenvalue weighted by molar-refractivity contribution is 0.665. The van der Waals surface area contributed by atoms with Crippen LogP contribution in [0.5, 0.6) is 0 Å². The van der Waals surface area contributed by atoms with Crippen molar-refractivity contribution in [2.75, 3.05) is 0 Å². The number of benzene rings is 6. The van der Waals surface area contributed by atoms with Crippen molar-refractivity contribution >= 4 is 65.7 Å². The summed E-state index contributed by atoms with van der Waals surface area (Å²) >= 11 is 0. The molecule has 3 aromatic heterocycles. The van der Waals surface area contributed by atoms with Crippen LogP contribution in [-0.2, 0) is 0 Å². The molecule has 202 valence electrons. The van der Waals surface area contributed by atoms with Gasteiger partial charge >= 0.3 is 0 Å². The molecule has 0 spiro atoms. The Labute approximate surface area is 246 Å². The van der Waals surface area contributed by atoms with Crippen LogP contribution in [-0.4, -0.2) is 4.57 Å². The SMILES string of the molecule is Cc1ccc2c(c1)c1cc(C)ccc1n2-c1cccc2c1oc1c(C#N)ccc(-c3ccc4c(c3)oc3ccccc34)c12. The molecular weight excluding hydrogens is 528 g/mol. The third-order valence-electron chi connectivity index (χ3n) is 8.75. The normalized spacial score (nSPS) is 11.9. The van der Waals surface area contributed by atoms with Gasteiger partial charge in [0.15, 0.2) is 11.2 Å². The number of aryl methyl sites for hydroxylation is 2. The van der Waals surface area contributed by atoms with Gasteiger partial charge in [-0.25, -0.2) is 0 Å². The average molecular weight is 553 g/mol. The highest BCUT2D eigenvalue weighted by Crippen LogP contribution is 2.43. The maximum atomic E-state index is 10.1. The molecule has 0 saturated carbocycles. The Kier molecular flexibility index (Phi) is 4.78. The lowest BCUT2D eigenvalue weighted by Gasteiger charge is -2.09. The van der Waals surface area contributed by atoms with E-state index in [-0.39, 0.29) is 0 Å². The molecular formula is C39H24N2O2. The number of hydrogen-bond donors (Lipinski definition) is 0. The van der Waals surface area contributed by atoms with Gasteiger partial charge in [0.1, 0.15) is 17.2 Å². The number of fused-ring (bicyclic) bond motifs is 9. The van der Waals surface area contributed by atoms with E-state index in [0.717, 1.165) is 66.1 Å². The molecule has 0 fully saturated rings. The summed E-state index contributed by atoms with van der Waals surface area (Å²) < 4.78 is 15.2. The van der Waals surface area contributed by atoms with Crippen molar-refractivity contribution in [3.63, 3.8) is 0 Å². The number of aromatic nitrogens is 1. The first kappa shape index (κ1) is 23.9. The lowest BCUT2D eigenvalue weighted by atomic mass is 9.96. The van der Waals surface area contributed by atoms with Crippen LogP contribution in [0.3, 0.4) is 0 Å². The van der Waals surface area contributed by atoms with Gasteiger partial charge in [0.2, 0.25) is 0 Å². The highest BCUT2D eigenvalue weighted by molar-refractivity contribution is 6.17. The molecule has 0 saturated heterocycles. The molecule has 9 aromatic rings. The van der Waals surface area contributed by atoms with Gasteiger partial charge in [-0.2, -0.15) is 5.26 Å². The van der Waals surface area contributed by atoms with Gasteiger partial charge in [-0.05, 0) is 79.6 Å². The second kappa shape index (κ2) is 8.61. The Bertz CT molecular complexity index is 2600. The number of furan rings is 2. The molecule has 0 bridgehead atoms. The first-order valence-electron chi connectivity index (χ1n) is 14.4. The monoisotopic (exact) mass is 552 g/mol. The molecule has 0 aliphatic rings. The number of nitriles is 1. The Morgan fingerprint density at radius 3 is 2.07 bits per heavy atom. The van der Waals surface area contributed by atoms with Crippen LogP contribution in [0, 0.1) is 25.2 Å². The molecule has 4 heteroatoms. The summed E-state index contributed by atoms with van der Waals surface area (Å²) in [5.74, 6) is 0. The zero-order valence-corrected chi connectivity index (χ0v) is 23.6. The summed E-state index contributed by atoms with van der Waals surface area (Å²) in [5, 5.41) is 16.6. The fourth-order valence-electron chi connectivity index (χ4n) is 6.80. The zero-order valence-electron chi connectivity index (χ0n) is 23.6. The third-order valence-corrected chi connectivity index (χ3v) is 8.75. The van der Waals surface area contributed by atoms with Crippen molar-refractivity contribution in [1.82, 2.24) is 4.57 Å². The predicted octanol–water partition coefficient (Wildman–Crippen LogP) is 10.7. The molecule has 43 heavy (non-hydrogen) atoms. The summed E-state index contributed by atoms with van der Waals surface area (Å²) in [6.07, 6.45) is 0. The summed E-state index contributed by atoms with van der Waals surface area (Å²) in [6.45, 7) is 4.26. The quantitative estimate of drug-likeness (QED) is 0.214. The van der Waals surface area contributed by atoms with E-state index in [2.05, 4.69) is 103 Å². The van der Waals surface area contributed by atoms with E-state index in [0.29, 0.717) is 11.1 Å². The van der Waals surface area contributed by atoms with Crippen molar-refractivity contribution in [3.8, 4) is 22.9 Å². The minimum atomic E-state index is 0.513. The second-order valence-electron chi connectivity index (χ2n) is 11.4. The predicted molar refractivity (Wildman–Crippen MR) is 175 cm³/mol. The van der Waals surface area contributed by atoms with Gasteiger partial charge in [0, 0.05) is 32.3 Å². The van der Waals surface area contributed by atoms with Crippen LogP contribution in [0.1, 0.15) is 16.7 Å². The largest absolute Gasteiger partial charge is 0.456 e. The molecule has 0 N–H and O–H groups in total. The van der Waals surface area contributed by atoms with Crippen molar-refractivity contribution in [3.05, 3.63) is 126 Å². The van der Waals surface area contributed by atoms with Crippen molar-refractivity contribution in [1.29, 1.82) is 5.26 Å². The summed E-state index contributed by atoms with van der Waals surface area (Å²) in [6, 6.07) is 40.2. The van der Waals surface area contributed by atoms with Crippen molar-refractivity contribution in [2.24, 2.45) is 0 Å². The van der Waals surface area contributed by atoms with E-state index in [4.69, 9.17) is 8.83 Å². The van der Waals surface area contributed by atoms with Crippen LogP contribution in [0.2, 0.25) is 0 Å². The standard InChI is InChI=1S/C39H24N2O2/c1-22-10-16-32-30(18-22)31-19-23(2)11-17-33(31)41(32)34-8-5-7-29-37-26(14-13-25(21-40)38(37)43-39(29)34)24-12-15-28-27-6-3-4-9-35(27)42-36(28)20-24/h3-20H,1-2H3. The Morgan fingerprint density at radius 1 is 0.581 bits per heavy atom. The van der Waals surface area contributed by atoms with E-state index in [1.54, 1.807) is 0 Å². The molecule has 0 amide bonds. The lowest BCUT2D eigenvalue weighted by Crippen LogP contribution is -1.94. The smallest absolute Gasteiger partial charge is 0.159 e. The minimum absolute atomic E-state index is 0.513.